The number of benzene rings is 1. The Balaban J connectivity index is 1.98. The number of pyridine rings is 1. The van der Waals surface area contributed by atoms with Crippen LogP contribution in [-0.2, 0) is 0 Å². The molecule has 3 rings (SSSR count). The van der Waals surface area contributed by atoms with E-state index in [-0.39, 0.29) is 5.91 Å². The molecule has 0 spiro atoms. The van der Waals surface area contributed by atoms with Crippen molar-refractivity contribution in [2.75, 3.05) is 22.9 Å². The maximum absolute atomic E-state index is 12.7. The molecule has 0 saturated heterocycles. The molecule has 0 saturated carbocycles. The Morgan fingerprint density at radius 3 is 2.52 bits per heavy atom. The summed E-state index contributed by atoms with van der Waals surface area (Å²) in [6.45, 7) is 5.90. The fourth-order valence-corrected chi connectivity index (χ4v) is 2.78. The van der Waals surface area contributed by atoms with Gasteiger partial charge in [0.2, 0.25) is 0 Å². The van der Waals surface area contributed by atoms with Gasteiger partial charge in [0.05, 0.1) is 16.9 Å². The van der Waals surface area contributed by atoms with Gasteiger partial charge in [0.15, 0.2) is 0 Å². The van der Waals surface area contributed by atoms with Crippen LogP contribution >= 0.6 is 0 Å². The smallest absolute Gasteiger partial charge is 0.259 e. The Morgan fingerprint density at radius 1 is 1.10 bits per heavy atom. The highest BCUT2D eigenvalue weighted by atomic mass is 16.2. The van der Waals surface area contributed by atoms with Gasteiger partial charge in [-0.25, -0.2) is 0 Å². The van der Waals surface area contributed by atoms with E-state index < -0.39 is 0 Å². The third-order valence-corrected chi connectivity index (χ3v) is 3.82. The lowest BCUT2D eigenvalue weighted by atomic mass is 10.1. The highest BCUT2D eigenvalue weighted by molar-refractivity contribution is 6.08. The predicted octanol–water partition coefficient (Wildman–Crippen LogP) is 2.96. The second-order valence-corrected chi connectivity index (χ2v) is 5.47. The molecule has 1 aliphatic rings. The molecule has 1 aromatic carbocycles. The lowest BCUT2D eigenvalue weighted by Crippen LogP contribution is -2.46. The average molecular weight is 281 g/mol. The third kappa shape index (κ3) is 2.49. The molecule has 0 bridgehead atoms. The number of hydrogen-bond donors (Lipinski definition) is 0. The van der Waals surface area contributed by atoms with Crippen LogP contribution in [0.3, 0.4) is 0 Å². The van der Waals surface area contributed by atoms with E-state index in [2.05, 4.69) is 29.8 Å². The van der Waals surface area contributed by atoms with Crippen LogP contribution in [0.1, 0.15) is 24.2 Å². The standard InChI is InChI=1S/C17H19N3O/c1-13(2)19-10-11-20(16-8-4-3-7-15(16)19)17(21)14-6-5-9-18-12-14/h3-9,12-13H,10-11H2,1-2H3. The van der Waals surface area contributed by atoms with E-state index in [0.717, 1.165) is 17.9 Å². The van der Waals surface area contributed by atoms with Gasteiger partial charge in [-0.05, 0) is 38.1 Å². The van der Waals surface area contributed by atoms with Gasteiger partial charge in [-0.2, -0.15) is 0 Å². The highest BCUT2D eigenvalue weighted by Gasteiger charge is 2.28. The fraction of sp³-hybridized carbons (Fsp3) is 0.294. The van der Waals surface area contributed by atoms with Crippen molar-refractivity contribution in [2.24, 2.45) is 0 Å². The van der Waals surface area contributed by atoms with Gasteiger partial charge in [-0.15, -0.1) is 0 Å². The number of fused-ring (bicyclic) bond motifs is 1. The Kier molecular flexibility index (Phi) is 3.60. The summed E-state index contributed by atoms with van der Waals surface area (Å²) in [6, 6.07) is 12.1. The van der Waals surface area contributed by atoms with Crippen molar-refractivity contribution >= 4 is 17.3 Å². The van der Waals surface area contributed by atoms with Crippen LogP contribution in [-0.4, -0.2) is 30.0 Å². The molecule has 2 heterocycles. The number of carbonyl (C=O) groups excluding carboxylic acids is 1. The molecule has 4 nitrogen and oxygen atoms in total. The molecule has 4 heteroatoms. The summed E-state index contributed by atoms with van der Waals surface area (Å²) in [6.07, 6.45) is 3.31. The van der Waals surface area contributed by atoms with Crippen LogP contribution < -0.4 is 9.80 Å². The normalized spacial score (nSPS) is 14.2. The van der Waals surface area contributed by atoms with Crippen molar-refractivity contribution in [1.29, 1.82) is 0 Å². The van der Waals surface area contributed by atoms with Crippen molar-refractivity contribution in [3.05, 3.63) is 54.4 Å². The van der Waals surface area contributed by atoms with Gasteiger partial charge in [0.1, 0.15) is 0 Å². The van der Waals surface area contributed by atoms with E-state index in [1.54, 1.807) is 18.5 Å². The number of hydrogen-bond acceptors (Lipinski definition) is 3. The van der Waals surface area contributed by atoms with Crippen LogP contribution in [0.4, 0.5) is 11.4 Å². The van der Waals surface area contributed by atoms with Crippen molar-refractivity contribution in [3.8, 4) is 0 Å². The summed E-state index contributed by atoms with van der Waals surface area (Å²) in [4.78, 5) is 20.9. The number of rotatable bonds is 2. The Hall–Kier alpha value is -2.36. The largest absolute Gasteiger partial charge is 0.366 e. The van der Waals surface area contributed by atoms with Crippen LogP contribution in [0.15, 0.2) is 48.8 Å². The minimum absolute atomic E-state index is 0.0129. The van der Waals surface area contributed by atoms with Gasteiger partial charge in [-0.3, -0.25) is 9.78 Å². The fourth-order valence-electron chi connectivity index (χ4n) is 2.78. The maximum Gasteiger partial charge on any atom is 0.259 e. The van der Waals surface area contributed by atoms with Crippen molar-refractivity contribution in [2.45, 2.75) is 19.9 Å². The van der Waals surface area contributed by atoms with Crippen LogP contribution in [0.25, 0.3) is 0 Å². The molecule has 0 fully saturated rings. The second-order valence-electron chi connectivity index (χ2n) is 5.47. The monoisotopic (exact) mass is 281 g/mol. The van der Waals surface area contributed by atoms with Crippen LogP contribution in [0.5, 0.6) is 0 Å². The third-order valence-electron chi connectivity index (χ3n) is 3.82. The number of carbonyl (C=O) groups is 1. The van der Waals surface area contributed by atoms with E-state index in [1.807, 2.05) is 29.2 Å². The number of amides is 1. The summed E-state index contributed by atoms with van der Waals surface area (Å²) < 4.78 is 0. The maximum atomic E-state index is 12.7. The first-order valence-electron chi connectivity index (χ1n) is 7.26. The highest BCUT2D eigenvalue weighted by Crippen LogP contribution is 2.34. The number of anilines is 2. The zero-order valence-electron chi connectivity index (χ0n) is 12.4. The van der Waals surface area contributed by atoms with E-state index in [9.17, 15) is 4.79 Å². The molecule has 108 valence electrons. The quantitative estimate of drug-likeness (QED) is 0.849. The van der Waals surface area contributed by atoms with Crippen LogP contribution in [0.2, 0.25) is 0 Å². The zero-order valence-corrected chi connectivity index (χ0v) is 12.4. The van der Waals surface area contributed by atoms with Gasteiger partial charge < -0.3 is 9.80 Å². The lowest BCUT2D eigenvalue weighted by Gasteiger charge is -2.40. The topological polar surface area (TPSA) is 36.4 Å². The number of para-hydroxylation sites is 2. The molecule has 1 aliphatic heterocycles. The van der Waals surface area contributed by atoms with Crippen molar-refractivity contribution in [3.63, 3.8) is 0 Å². The van der Waals surface area contributed by atoms with Crippen molar-refractivity contribution < 1.29 is 4.79 Å². The average Bonchev–Trinajstić information content (AvgIpc) is 2.54. The summed E-state index contributed by atoms with van der Waals surface area (Å²) in [7, 11) is 0. The number of nitrogens with zero attached hydrogens (tertiary/aromatic N) is 3. The van der Waals surface area contributed by atoms with Gasteiger partial charge >= 0.3 is 0 Å². The molecule has 0 N–H and O–H groups in total. The summed E-state index contributed by atoms with van der Waals surface area (Å²) in [5.74, 6) is 0.0129. The molecule has 1 amide bonds. The Labute approximate surface area is 125 Å². The summed E-state index contributed by atoms with van der Waals surface area (Å²) in [5.41, 5.74) is 2.73. The first-order chi connectivity index (χ1) is 10.2. The van der Waals surface area contributed by atoms with Gasteiger partial charge in [0.25, 0.3) is 5.91 Å². The van der Waals surface area contributed by atoms with Gasteiger partial charge in [0, 0.05) is 31.5 Å². The molecule has 0 radical (unpaired) electrons. The summed E-state index contributed by atoms with van der Waals surface area (Å²) >= 11 is 0. The zero-order chi connectivity index (χ0) is 14.8. The minimum atomic E-state index is 0.0129. The molecule has 2 aromatic rings. The Bertz CT molecular complexity index is 639. The lowest BCUT2D eigenvalue weighted by molar-refractivity contribution is 0.0986. The molecular weight excluding hydrogens is 262 g/mol. The predicted molar refractivity (Wildman–Crippen MR) is 84.8 cm³/mol. The Morgan fingerprint density at radius 2 is 1.86 bits per heavy atom. The first-order valence-corrected chi connectivity index (χ1v) is 7.26. The second kappa shape index (κ2) is 5.56. The molecule has 1 aromatic heterocycles. The SMILES string of the molecule is CC(C)N1CCN(C(=O)c2cccnc2)c2ccccc21. The van der Waals surface area contributed by atoms with Crippen molar-refractivity contribution in [1.82, 2.24) is 4.98 Å². The van der Waals surface area contributed by atoms with E-state index in [0.29, 0.717) is 18.2 Å². The molecule has 21 heavy (non-hydrogen) atoms. The summed E-state index contributed by atoms with van der Waals surface area (Å²) in [5, 5.41) is 0. The molecule has 0 aliphatic carbocycles. The van der Waals surface area contributed by atoms with E-state index in [4.69, 9.17) is 0 Å². The molecular formula is C17H19N3O. The van der Waals surface area contributed by atoms with Gasteiger partial charge in [-0.1, -0.05) is 12.1 Å². The van der Waals surface area contributed by atoms with Crippen LogP contribution in [0, 0.1) is 0 Å². The van der Waals surface area contributed by atoms with E-state index >= 15 is 0 Å². The van der Waals surface area contributed by atoms with E-state index in [1.165, 1.54) is 0 Å². The minimum Gasteiger partial charge on any atom is -0.366 e. The molecule has 0 unspecified atom stereocenters. The molecule has 0 atom stereocenters. The number of aromatic nitrogens is 1. The first kappa shape index (κ1) is 13.6.